The van der Waals surface area contributed by atoms with Crippen LogP contribution in [0.4, 0.5) is 4.39 Å². The van der Waals surface area contributed by atoms with Gasteiger partial charge in [-0.15, -0.1) is 0 Å². The van der Waals surface area contributed by atoms with Crippen molar-refractivity contribution in [3.8, 4) is 17.2 Å². The predicted octanol–water partition coefficient (Wildman–Crippen LogP) is 3.75. The number of phenols is 1. The van der Waals surface area contributed by atoms with Crippen LogP contribution in [0.3, 0.4) is 0 Å². The van der Waals surface area contributed by atoms with E-state index < -0.39 is 0 Å². The Morgan fingerprint density at radius 3 is 2.52 bits per heavy atom. The highest BCUT2D eigenvalue weighted by Gasteiger charge is 2.10. The third-order valence-electron chi connectivity index (χ3n) is 2.87. The lowest BCUT2D eigenvalue weighted by atomic mass is 10.2. The maximum absolute atomic E-state index is 12.8. The summed E-state index contributed by atoms with van der Waals surface area (Å²) in [6.07, 6.45) is 3.40. The van der Waals surface area contributed by atoms with Crippen molar-refractivity contribution in [1.29, 1.82) is 0 Å². The number of aromatic hydroxyl groups is 1. The van der Waals surface area contributed by atoms with Gasteiger partial charge in [-0.25, -0.2) is 4.39 Å². The van der Waals surface area contributed by atoms with Gasteiger partial charge in [-0.05, 0) is 35.9 Å². The zero-order valence-corrected chi connectivity index (χ0v) is 10.9. The van der Waals surface area contributed by atoms with E-state index in [4.69, 9.17) is 4.52 Å². The number of hydrogen-bond acceptors (Lipinski definition) is 4. The van der Waals surface area contributed by atoms with E-state index >= 15 is 0 Å². The highest BCUT2D eigenvalue weighted by Crippen LogP contribution is 2.27. The molecule has 0 spiro atoms. The second kappa shape index (κ2) is 5.58. The Kier molecular flexibility index (Phi) is 3.47. The topological polar surface area (TPSA) is 59.2 Å². The van der Waals surface area contributed by atoms with Crippen LogP contribution >= 0.6 is 0 Å². The lowest BCUT2D eigenvalue weighted by Crippen LogP contribution is -1.79. The fraction of sp³-hybridized carbons (Fsp3) is 0. The summed E-state index contributed by atoms with van der Waals surface area (Å²) in [7, 11) is 0. The molecule has 0 saturated carbocycles. The molecule has 0 amide bonds. The highest BCUT2D eigenvalue weighted by molar-refractivity contribution is 5.68. The van der Waals surface area contributed by atoms with Crippen LogP contribution in [0.5, 0.6) is 5.75 Å². The molecule has 104 valence electrons. The van der Waals surface area contributed by atoms with Gasteiger partial charge in [0, 0.05) is 0 Å². The molecule has 21 heavy (non-hydrogen) atoms. The van der Waals surface area contributed by atoms with Gasteiger partial charge in [0.15, 0.2) is 5.82 Å². The molecule has 1 heterocycles. The minimum Gasteiger partial charge on any atom is -0.507 e. The number of halogens is 1. The molecule has 0 saturated heterocycles. The normalized spacial score (nSPS) is 11.1. The van der Waals surface area contributed by atoms with Crippen LogP contribution in [0.25, 0.3) is 23.6 Å². The molecule has 1 N–H and O–H groups in total. The van der Waals surface area contributed by atoms with Crippen molar-refractivity contribution in [1.82, 2.24) is 10.1 Å². The van der Waals surface area contributed by atoms with Crippen LogP contribution < -0.4 is 0 Å². The molecule has 3 rings (SSSR count). The third kappa shape index (κ3) is 2.97. The van der Waals surface area contributed by atoms with Crippen LogP contribution in [0.2, 0.25) is 0 Å². The third-order valence-corrected chi connectivity index (χ3v) is 2.87. The van der Waals surface area contributed by atoms with E-state index in [0.717, 1.165) is 5.56 Å². The molecule has 0 radical (unpaired) electrons. The van der Waals surface area contributed by atoms with Crippen LogP contribution in [-0.2, 0) is 0 Å². The van der Waals surface area contributed by atoms with E-state index in [9.17, 15) is 9.50 Å². The molecular formula is C16H11FN2O2. The Hall–Kier alpha value is -2.95. The van der Waals surface area contributed by atoms with Gasteiger partial charge in [-0.1, -0.05) is 35.5 Å². The van der Waals surface area contributed by atoms with Crippen molar-refractivity contribution >= 4 is 12.2 Å². The molecule has 0 aliphatic rings. The molecule has 0 unspecified atom stereocenters. The van der Waals surface area contributed by atoms with Gasteiger partial charge in [0.2, 0.25) is 0 Å². The van der Waals surface area contributed by atoms with Gasteiger partial charge in [0.25, 0.3) is 5.89 Å². The second-order valence-corrected chi connectivity index (χ2v) is 4.36. The molecular weight excluding hydrogens is 271 g/mol. The van der Waals surface area contributed by atoms with Crippen molar-refractivity contribution in [3.05, 3.63) is 65.7 Å². The summed E-state index contributed by atoms with van der Waals surface area (Å²) in [4.78, 5) is 4.18. The van der Waals surface area contributed by atoms with Gasteiger partial charge in [0.1, 0.15) is 11.6 Å². The van der Waals surface area contributed by atoms with E-state index in [1.165, 1.54) is 12.1 Å². The van der Waals surface area contributed by atoms with E-state index in [1.807, 2.05) is 0 Å². The van der Waals surface area contributed by atoms with Gasteiger partial charge >= 0.3 is 0 Å². The Morgan fingerprint density at radius 2 is 1.76 bits per heavy atom. The molecule has 0 aliphatic carbocycles. The summed E-state index contributed by atoms with van der Waals surface area (Å²) < 4.78 is 17.9. The Bertz CT molecular complexity index is 779. The molecule has 4 nitrogen and oxygen atoms in total. The smallest absolute Gasteiger partial charge is 0.261 e. The Morgan fingerprint density at radius 1 is 1.00 bits per heavy atom. The SMILES string of the molecule is Oc1ccccc1-c1nc(/C=C/c2ccc(F)cc2)no1. The number of benzene rings is 2. The number of para-hydroxylation sites is 1. The van der Waals surface area contributed by atoms with Gasteiger partial charge in [0.05, 0.1) is 5.56 Å². The van der Waals surface area contributed by atoms with E-state index in [1.54, 1.807) is 48.6 Å². The number of nitrogens with zero attached hydrogens (tertiary/aromatic N) is 2. The maximum Gasteiger partial charge on any atom is 0.261 e. The summed E-state index contributed by atoms with van der Waals surface area (Å²) in [5.74, 6) is 0.410. The molecule has 3 aromatic rings. The number of hydrogen-bond donors (Lipinski definition) is 1. The van der Waals surface area contributed by atoms with Crippen molar-refractivity contribution in [3.63, 3.8) is 0 Å². The molecule has 2 aromatic carbocycles. The molecule has 5 heteroatoms. The summed E-state index contributed by atoms with van der Waals surface area (Å²) in [6.45, 7) is 0. The Labute approximate surface area is 120 Å². The monoisotopic (exact) mass is 282 g/mol. The van der Waals surface area contributed by atoms with Crippen LogP contribution in [-0.4, -0.2) is 15.2 Å². The fourth-order valence-corrected chi connectivity index (χ4v) is 1.81. The molecule has 0 aliphatic heterocycles. The minimum atomic E-state index is -0.284. The molecule has 1 aromatic heterocycles. The molecule has 0 bridgehead atoms. The first-order valence-corrected chi connectivity index (χ1v) is 6.28. The molecule has 0 fully saturated rings. The highest BCUT2D eigenvalue weighted by atomic mass is 19.1. The van der Waals surface area contributed by atoms with Crippen LogP contribution in [0.15, 0.2) is 53.1 Å². The zero-order chi connectivity index (χ0) is 14.7. The average molecular weight is 282 g/mol. The van der Waals surface area contributed by atoms with Crippen LogP contribution in [0.1, 0.15) is 11.4 Å². The van der Waals surface area contributed by atoms with Gasteiger partial charge < -0.3 is 9.63 Å². The molecule has 0 atom stereocenters. The van der Waals surface area contributed by atoms with E-state index in [-0.39, 0.29) is 17.5 Å². The zero-order valence-electron chi connectivity index (χ0n) is 10.9. The number of phenolic OH excluding ortho intramolecular Hbond substituents is 1. The summed E-state index contributed by atoms with van der Waals surface area (Å²) >= 11 is 0. The Balaban J connectivity index is 1.82. The fourth-order valence-electron chi connectivity index (χ4n) is 1.81. The first-order valence-electron chi connectivity index (χ1n) is 6.28. The first kappa shape index (κ1) is 13.1. The lowest BCUT2D eigenvalue weighted by molar-refractivity contribution is 0.423. The van der Waals surface area contributed by atoms with Crippen molar-refractivity contribution in [2.24, 2.45) is 0 Å². The van der Waals surface area contributed by atoms with Gasteiger partial charge in [-0.2, -0.15) is 4.98 Å². The first-order chi connectivity index (χ1) is 10.2. The minimum absolute atomic E-state index is 0.0789. The predicted molar refractivity (Wildman–Crippen MR) is 76.7 cm³/mol. The average Bonchev–Trinajstić information content (AvgIpc) is 2.96. The second-order valence-electron chi connectivity index (χ2n) is 4.36. The lowest BCUT2D eigenvalue weighted by Gasteiger charge is -1.96. The largest absolute Gasteiger partial charge is 0.507 e. The number of aromatic nitrogens is 2. The van der Waals surface area contributed by atoms with E-state index in [2.05, 4.69) is 10.1 Å². The van der Waals surface area contributed by atoms with Crippen molar-refractivity contribution in [2.45, 2.75) is 0 Å². The van der Waals surface area contributed by atoms with Crippen LogP contribution in [0, 0.1) is 5.82 Å². The summed E-state index contributed by atoms with van der Waals surface area (Å²) in [5, 5.41) is 13.5. The van der Waals surface area contributed by atoms with Crippen molar-refractivity contribution in [2.75, 3.05) is 0 Å². The standard InChI is InChI=1S/C16H11FN2O2/c17-12-8-5-11(6-9-12)7-10-15-18-16(21-19-15)13-3-1-2-4-14(13)20/h1-10,20H/b10-7+. The quantitative estimate of drug-likeness (QED) is 0.794. The summed E-state index contributed by atoms with van der Waals surface area (Å²) in [6, 6.07) is 12.8. The number of rotatable bonds is 3. The van der Waals surface area contributed by atoms with Crippen molar-refractivity contribution < 1.29 is 14.0 Å². The summed E-state index contributed by atoms with van der Waals surface area (Å²) in [5.41, 5.74) is 1.30. The van der Waals surface area contributed by atoms with E-state index in [0.29, 0.717) is 11.4 Å². The maximum atomic E-state index is 12.8. The van der Waals surface area contributed by atoms with Gasteiger partial charge in [-0.3, -0.25) is 0 Å².